The Morgan fingerprint density at radius 1 is 1.15 bits per heavy atom. The first kappa shape index (κ1) is 14.6. The summed E-state index contributed by atoms with van der Waals surface area (Å²) in [5.41, 5.74) is 0. The summed E-state index contributed by atoms with van der Waals surface area (Å²) in [4.78, 5) is 4.19. The predicted octanol–water partition coefficient (Wildman–Crippen LogP) is 4.05. The first-order valence-electron chi connectivity index (χ1n) is 8.42. The van der Waals surface area contributed by atoms with Gasteiger partial charge in [-0.1, -0.05) is 25.3 Å². The van der Waals surface area contributed by atoms with Crippen molar-refractivity contribution in [3.8, 4) is 0 Å². The second-order valence-corrected chi connectivity index (χ2v) is 7.37. The highest BCUT2D eigenvalue weighted by Gasteiger charge is 2.26. The van der Waals surface area contributed by atoms with Crippen LogP contribution in [0.15, 0.2) is 17.5 Å². The molecule has 2 fully saturated rings. The van der Waals surface area contributed by atoms with Crippen LogP contribution in [0.2, 0.25) is 0 Å². The zero-order valence-corrected chi connectivity index (χ0v) is 13.3. The average Bonchev–Trinajstić information content (AvgIpc) is 3.18. The van der Waals surface area contributed by atoms with Gasteiger partial charge in [-0.25, -0.2) is 0 Å². The Balaban J connectivity index is 1.50. The fourth-order valence-corrected chi connectivity index (χ4v) is 4.71. The van der Waals surface area contributed by atoms with Crippen LogP contribution in [0, 0.1) is 5.92 Å². The van der Waals surface area contributed by atoms with Gasteiger partial charge in [-0.05, 0) is 56.1 Å². The lowest BCUT2D eigenvalue weighted by atomic mass is 9.96. The van der Waals surface area contributed by atoms with Crippen molar-refractivity contribution in [2.45, 2.75) is 51.0 Å². The van der Waals surface area contributed by atoms with Crippen molar-refractivity contribution in [3.63, 3.8) is 0 Å². The predicted molar refractivity (Wildman–Crippen MR) is 87.3 cm³/mol. The maximum absolute atomic E-state index is 3.88. The molecule has 0 aromatic carbocycles. The van der Waals surface area contributed by atoms with Crippen molar-refractivity contribution in [2.75, 3.05) is 26.2 Å². The summed E-state index contributed by atoms with van der Waals surface area (Å²) in [6.07, 6.45) is 9.93. The summed E-state index contributed by atoms with van der Waals surface area (Å²) < 4.78 is 0. The molecule has 1 aliphatic carbocycles. The third-order valence-corrected chi connectivity index (χ3v) is 5.92. The number of thiophene rings is 1. The second kappa shape index (κ2) is 7.58. The monoisotopic (exact) mass is 292 g/mol. The van der Waals surface area contributed by atoms with E-state index < -0.39 is 0 Å². The van der Waals surface area contributed by atoms with E-state index in [4.69, 9.17) is 0 Å². The molecule has 2 nitrogen and oxygen atoms in total. The molecule has 1 N–H and O–H groups in total. The van der Waals surface area contributed by atoms with Gasteiger partial charge in [0.15, 0.2) is 0 Å². The van der Waals surface area contributed by atoms with Gasteiger partial charge in [0, 0.05) is 24.0 Å². The molecule has 0 spiro atoms. The molecule has 3 heteroatoms. The van der Waals surface area contributed by atoms with E-state index in [0.29, 0.717) is 6.04 Å². The molecule has 3 rings (SSSR count). The molecular formula is C17H28N2S. The molecule has 112 valence electrons. The van der Waals surface area contributed by atoms with Gasteiger partial charge < -0.3 is 10.2 Å². The van der Waals surface area contributed by atoms with Gasteiger partial charge in [0.05, 0.1) is 0 Å². The van der Waals surface area contributed by atoms with E-state index in [2.05, 4.69) is 27.7 Å². The minimum atomic E-state index is 0.613. The van der Waals surface area contributed by atoms with Crippen LogP contribution >= 0.6 is 11.3 Å². The van der Waals surface area contributed by atoms with Gasteiger partial charge in [-0.2, -0.15) is 0 Å². The SMILES string of the molecule is c1csc(C(NCCN2CCCCC2)C2CCCC2)c1. The third kappa shape index (κ3) is 3.84. The maximum atomic E-state index is 3.88. The number of hydrogen-bond donors (Lipinski definition) is 1. The zero-order chi connectivity index (χ0) is 13.6. The highest BCUT2D eigenvalue weighted by molar-refractivity contribution is 7.10. The minimum absolute atomic E-state index is 0.613. The highest BCUT2D eigenvalue weighted by Crippen LogP contribution is 2.37. The average molecular weight is 292 g/mol. The summed E-state index contributed by atoms with van der Waals surface area (Å²) in [7, 11) is 0. The lowest BCUT2D eigenvalue weighted by molar-refractivity contribution is 0.222. The maximum Gasteiger partial charge on any atom is 0.0443 e. The number of piperidine rings is 1. The first-order chi connectivity index (χ1) is 9.93. The van der Waals surface area contributed by atoms with Gasteiger partial charge in [0.2, 0.25) is 0 Å². The van der Waals surface area contributed by atoms with Crippen molar-refractivity contribution in [2.24, 2.45) is 5.92 Å². The Morgan fingerprint density at radius 2 is 1.95 bits per heavy atom. The van der Waals surface area contributed by atoms with Crippen LogP contribution in [0.25, 0.3) is 0 Å². The summed E-state index contributed by atoms with van der Waals surface area (Å²) >= 11 is 1.93. The molecule has 1 unspecified atom stereocenters. The van der Waals surface area contributed by atoms with E-state index in [0.717, 1.165) is 12.5 Å². The van der Waals surface area contributed by atoms with Crippen molar-refractivity contribution >= 4 is 11.3 Å². The number of nitrogens with zero attached hydrogens (tertiary/aromatic N) is 1. The quantitative estimate of drug-likeness (QED) is 0.851. The smallest absolute Gasteiger partial charge is 0.0443 e. The minimum Gasteiger partial charge on any atom is -0.308 e. The van der Waals surface area contributed by atoms with Crippen molar-refractivity contribution < 1.29 is 0 Å². The molecule has 2 aliphatic rings. The first-order valence-corrected chi connectivity index (χ1v) is 9.30. The molecule has 0 radical (unpaired) electrons. The molecule has 20 heavy (non-hydrogen) atoms. The lowest BCUT2D eigenvalue weighted by Crippen LogP contribution is -2.38. The molecule has 1 aromatic rings. The molecule has 0 bridgehead atoms. The van der Waals surface area contributed by atoms with E-state index in [1.54, 1.807) is 4.88 Å². The van der Waals surface area contributed by atoms with Gasteiger partial charge in [0.1, 0.15) is 0 Å². The van der Waals surface area contributed by atoms with Crippen LogP contribution in [0.3, 0.4) is 0 Å². The number of rotatable bonds is 6. The van der Waals surface area contributed by atoms with Gasteiger partial charge in [-0.3, -0.25) is 0 Å². The number of hydrogen-bond acceptors (Lipinski definition) is 3. The van der Waals surface area contributed by atoms with E-state index in [1.165, 1.54) is 64.6 Å². The van der Waals surface area contributed by atoms with E-state index in [-0.39, 0.29) is 0 Å². The Hall–Kier alpha value is -0.380. The molecule has 0 amide bonds. The second-order valence-electron chi connectivity index (χ2n) is 6.39. The highest BCUT2D eigenvalue weighted by atomic mass is 32.1. The normalized spacial score (nSPS) is 23.2. The lowest BCUT2D eigenvalue weighted by Gasteiger charge is -2.29. The standard InChI is InChI=1S/C17H28N2S/c1-4-11-19(12-5-1)13-10-18-17(15-7-2-3-8-15)16-9-6-14-20-16/h6,9,14-15,17-18H,1-5,7-8,10-13H2. The Morgan fingerprint density at radius 3 is 2.65 bits per heavy atom. The Labute approximate surface area is 127 Å². The van der Waals surface area contributed by atoms with Crippen molar-refractivity contribution in [1.29, 1.82) is 0 Å². The number of likely N-dealkylation sites (tertiary alicyclic amines) is 1. The van der Waals surface area contributed by atoms with Crippen LogP contribution in [-0.2, 0) is 0 Å². The van der Waals surface area contributed by atoms with Crippen LogP contribution in [0.4, 0.5) is 0 Å². The van der Waals surface area contributed by atoms with Crippen LogP contribution in [0.5, 0.6) is 0 Å². The van der Waals surface area contributed by atoms with Crippen LogP contribution in [0.1, 0.15) is 55.9 Å². The largest absolute Gasteiger partial charge is 0.308 e. The Kier molecular flexibility index (Phi) is 5.51. The molecular weight excluding hydrogens is 264 g/mol. The van der Waals surface area contributed by atoms with Gasteiger partial charge in [0.25, 0.3) is 0 Å². The van der Waals surface area contributed by atoms with Gasteiger partial charge in [-0.15, -0.1) is 11.3 Å². The molecule has 1 saturated heterocycles. The Bertz CT molecular complexity index is 364. The summed E-state index contributed by atoms with van der Waals surface area (Å²) in [5.74, 6) is 0.870. The van der Waals surface area contributed by atoms with Gasteiger partial charge >= 0.3 is 0 Å². The van der Waals surface area contributed by atoms with E-state index >= 15 is 0 Å². The fourth-order valence-electron chi connectivity index (χ4n) is 3.82. The van der Waals surface area contributed by atoms with E-state index in [9.17, 15) is 0 Å². The molecule has 1 atom stereocenters. The van der Waals surface area contributed by atoms with Crippen molar-refractivity contribution in [1.82, 2.24) is 10.2 Å². The summed E-state index contributed by atoms with van der Waals surface area (Å²) in [6.45, 7) is 5.01. The van der Waals surface area contributed by atoms with Crippen LogP contribution < -0.4 is 5.32 Å². The summed E-state index contributed by atoms with van der Waals surface area (Å²) in [5, 5.41) is 6.11. The fraction of sp³-hybridized carbons (Fsp3) is 0.765. The third-order valence-electron chi connectivity index (χ3n) is 4.96. The zero-order valence-electron chi connectivity index (χ0n) is 12.5. The number of nitrogens with one attached hydrogen (secondary N) is 1. The topological polar surface area (TPSA) is 15.3 Å². The van der Waals surface area contributed by atoms with E-state index in [1.807, 2.05) is 11.3 Å². The van der Waals surface area contributed by atoms with Crippen LogP contribution in [-0.4, -0.2) is 31.1 Å². The molecule has 1 aliphatic heterocycles. The van der Waals surface area contributed by atoms with Crippen molar-refractivity contribution in [3.05, 3.63) is 22.4 Å². The molecule has 2 heterocycles. The molecule has 1 aromatic heterocycles. The summed E-state index contributed by atoms with van der Waals surface area (Å²) in [6, 6.07) is 5.14. The molecule has 1 saturated carbocycles.